The molecule has 0 amide bonds. The van der Waals surface area contributed by atoms with Gasteiger partial charge in [-0.05, 0) is 53.2 Å². The van der Waals surface area contributed by atoms with E-state index in [4.69, 9.17) is 0 Å². The minimum atomic E-state index is 0.430. The highest BCUT2D eigenvalue weighted by Crippen LogP contribution is 2.20. The van der Waals surface area contributed by atoms with Gasteiger partial charge in [0.15, 0.2) is 0 Å². The van der Waals surface area contributed by atoms with Gasteiger partial charge in [-0.25, -0.2) is 0 Å². The van der Waals surface area contributed by atoms with Crippen molar-refractivity contribution in [2.45, 2.75) is 6.92 Å². The fourth-order valence-corrected chi connectivity index (χ4v) is 1.64. The Hall–Kier alpha value is -2.43. The first kappa shape index (κ1) is 13.0. The standard InChI is InChI=1S/C14H17N4O/c1-11-5-4-10-18(19)14(11)16-15-12-6-8-13(9-7-12)17(2)3/h4-10,19H,1-3H3/q+1. The Kier molecular flexibility index (Phi) is 3.75. The van der Waals surface area contributed by atoms with E-state index in [2.05, 4.69) is 10.2 Å². The van der Waals surface area contributed by atoms with Crippen LogP contribution in [0.4, 0.5) is 17.2 Å². The fraction of sp³-hybridized carbons (Fsp3) is 0.214. The molecule has 19 heavy (non-hydrogen) atoms. The number of aromatic nitrogens is 1. The molecule has 0 saturated heterocycles. The van der Waals surface area contributed by atoms with Crippen LogP contribution >= 0.6 is 0 Å². The number of pyridine rings is 1. The van der Waals surface area contributed by atoms with Gasteiger partial charge in [-0.1, -0.05) is 0 Å². The van der Waals surface area contributed by atoms with Crippen molar-refractivity contribution in [2.24, 2.45) is 10.2 Å². The molecule has 98 valence electrons. The van der Waals surface area contributed by atoms with Crippen LogP contribution in [-0.4, -0.2) is 19.3 Å². The van der Waals surface area contributed by atoms with E-state index in [1.54, 1.807) is 6.07 Å². The van der Waals surface area contributed by atoms with Crippen LogP contribution in [0.15, 0.2) is 52.8 Å². The predicted molar refractivity (Wildman–Crippen MR) is 73.5 cm³/mol. The Labute approximate surface area is 112 Å². The Balaban J connectivity index is 2.23. The summed E-state index contributed by atoms with van der Waals surface area (Å²) >= 11 is 0. The zero-order valence-electron chi connectivity index (χ0n) is 11.3. The van der Waals surface area contributed by atoms with Gasteiger partial charge in [-0.3, -0.25) is 0 Å². The second kappa shape index (κ2) is 5.48. The van der Waals surface area contributed by atoms with Crippen LogP contribution in [0.5, 0.6) is 0 Å². The molecule has 1 heterocycles. The summed E-state index contributed by atoms with van der Waals surface area (Å²) in [7, 11) is 3.97. The first-order chi connectivity index (χ1) is 9.08. The van der Waals surface area contributed by atoms with Crippen LogP contribution < -0.4 is 9.63 Å². The molecule has 5 nitrogen and oxygen atoms in total. The molecular formula is C14H17N4O+. The van der Waals surface area contributed by atoms with Crippen molar-refractivity contribution < 1.29 is 9.94 Å². The van der Waals surface area contributed by atoms with Crippen LogP contribution in [0.25, 0.3) is 0 Å². The normalized spacial score (nSPS) is 10.9. The minimum Gasteiger partial charge on any atom is -0.378 e. The summed E-state index contributed by atoms with van der Waals surface area (Å²) in [5, 5.41) is 17.8. The molecule has 1 N–H and O–H groups in total. The van der Waals surface area contributed by atoms with Gasteiger partial charge >= 0.3 is 5.82 Å². The number of azo groups is 1. The molecular weight excluding hydrogens is 240 g/mol. The van der Waals surface area contributed by atoms with E-state index in [0.29, 0.717) is 5.82 Å². The van der Waals surface area contributed by atoms with E-state index in [0.717, 1.165) is 21.7 Å². The van der Waals surface area contributed by atoms with Gasteiger partial charge in [0.1, 0.15) is 11.9 Å². The summed E-state index contributed by atoms with van der Waals surface area (Å²) < 4.78 is 0.965. The van der Waals surface area contributed by atoms with Crippen LogP contribution in [0.3, 0.4) is 0 Å². The molecule has 1 aromatic carbocycles. The van der Waals surface area contributed by atoms with Crippen LogP contribution in [0.2, 0.25) is 0 Å². The predicted octanol–water partition coefficient (Wildman–Crippen LogP) is 3.00. The van der Waals surface area contributed by atoms with E-state index in [1.807, 2.05) is 56.3 Å². The molecule has 5 heteroatoms. The number of aryl methyl sites for hydroxylation is 1. The SMILES string of the molecule is Cc1ccc[n+](O)c1N=Nc1ccc(N(C)C)cc1. The first-order valence-corrected chi connectivity index (χ1v) is 5.97. The van der Waals surface area contributed by atoms with Gasteiger partial charge < -0.3 is 10.1 Å². The Morgan fingerprint density at radius 3 is 2.32 bits per heavy atom. The van der Waals surface area contributed by atoms with Gasteiger partial charge in [0.2, 0.25) is 0 Å². The number of rotatable bonds is 3. The first-order valence-electron chi connectivity index (χ1n) is 5.97. The van der Waals surface area contributed by atoms with E-state index in [1.165, 1.54) is 6.20 Å². The Morgan fingerprint density at radius 1 is 1.05 bits per heavy atom. The highest BCUT2D eigenvalue weighted by molar-refractivity contribution is 5.51. The number of anilines is 1. The lowest BCUT2D eigenvalue weighted by molar-refractivity contribution is -0.894. The maximum atomic E-state index is 9.64. The molecule has 0 aliphatic rings. The zero-order valence-corrected chi connectivity index (χ0v) is 11.3. The van der Waals surface area contributed by atoms with Gasteiger partial charge in [-0.15, -0.1) is 0 Å². The van der Waals surface area contributed by atoms with Crippen molar-refractivity contribution in [3.05, 3.63) is 48.2 Å². The van der Waals surface area contributed by atoms with E-state index >= 15 is 0 Å². The smallest absolute Gasteiger partial charge is 0.378 e. The minimum absolute atomic E-state index is 0.430. The summed E-state index contributed by atoms with van der Waals surface area (Å²) in [6, 6.07) is 11.3. The summed E-state index contributed by atoms with van der Waals surface area (Å²) in [6.45, 7) is 1.87. The molecule has 0 unspecified atom stereocenters. The monoisotopic (exact) mass is 257 g/mol. The molecule has 2 aromatic rings. The summed E-state index contributed by atoms with van der Waals surface area (Å²) in [6.07, 6.45) is 1.52. The average molecular weight is 257 g/mol. The molecule has 2 rings (SSSR count). The lowest BCUT2D eigenvalue weighted by atomic mass is 10.3. The third-order valence-electron chi connectivity index (χ3n) is 2.77. The second-order valence-electron chi connectivity index (χ2n) is 4.47. The van der Waals surface area contributed by atoms with Crippen molar-refractivity contribution in [3.8, 4) is 0 Å². The largest absolute Gasteiger partial charge is 0.391 e. The van der Waals surface area contributed by atoms with Crippen LogP contribution in [0.1, 0.15) is 5.56 Å². The molecule has 0 saturated carbocycles. The number of nitrogens with zero attached hydrogens (tertiary/aromatic N) is 4. The van der Waals surface area contributed by atoms with Crippen LogP contribution in [0, 0.1) is 6.92 Å². The maximum absolute atomic E-state index is 9.64. The van der Waals surface area contributed by atoms with Crippen molar-refractivity contribution in [3.63, 3.8) is 0 Å². The lowest BCUT2D eigenvalue weighted by Crippen LogP contribution is -2.29. The second-order valence-corrected chi connectivity index (χ2v) is 4.47. The third kappa shape index (κ3) is 3.07. The van der Waals surface area contributed by atoms with Gasteiger partial charge in [0, 0.05) is 25.3 Å². The van der Waals surface area contributed by atoms with Gasteiger partial charge in [0.25, 0.3) is 0 Å². The van der Waals surface area contributed by atoms with Gasteiger partial charge in [-0.2, -0.15) is 0 Å². The van der Waals surface area contributed by atoms with Crippen molar-refractivity contribution in [2.75, 3.05) is 19.0 Å². The van der Waals surface area contributed by atoms with Crippen LogP contribution in [-0.2, 0) is 0 Å². The van der Waals surface area contributed by atoms with Crippen molar-refractivity contribution in [1.29, 1.82) is 0 Å². The quantitative estimate of drug-likeness (QED) is 0.522. The highest BCUT2D eigenvalue weighted by atomic mass is 16.5. The molecule has 0 fully saturated rings. The number of hydrogen-bond donors (Lipinski definition) is 1. The van der Waals surface area contributed by atoms with Crippen molar-refractivity contribution >= 4 is 17.2 Å². The molecule has 1 aromatic heterocycles. The topological polar surface area (TPSA) is 52.1 Å². The molecule has 0 spiro atoms. The summed E-state index contributed by atoms with van der Waals surface area (Å²) in [4.78, 5) is 2.02. The fourth-order valence-electron chi connectivity index (χ4n) is 1.64. The Morgan fingerprint density at radius 2 is 1.74 bits per heavy atom. The molecule has 0 atom stereocenters. The zero-order chi connectivity index (χ0) is 13.8. The highest BCUT2D eigenvalue weighted by Gasteiger charge is 2.12. The molecule has 0 radical (unpaired) electrons. The molecule has 0 bridgehead atoms. The van der Waals surface area contributed by atoms with E-state index in [-0.39, 0.29) is 0 Å². The summed E-state index contributed by atoms with van der Waals surface area (Å²) in [5.41, 5.74) is 2.71. The Bertz CT molecular complexity index is 571. The maximum Gasteiger partial charge on any atom is 0.391 e. The molecule has 0 aliphatic heterocycles. The van der Waals surface area contributed by atoms with E-state index < -0.39 is 0 Å². The van der Waals surface area contributed by atoms with E-state index in [9.17, 15) is 5.21 Å². The molecule has 0 aliphatic carbocycles. The lowest BCUT2D eigenvalue weighted by Gasteiger charge is -2.11. The van der Waals surface area contributed by atoms with Gasteiger partial charge in [0.05, 0.1) is 5.11 Å². The summed E-state index contributed by atoms with van der Waals surface area (Å²) in [5.74, 6) is 0.430. The number of hydrogen-bond acceptors (Lipinski definition) is 4. The van der Waals surface area contributed by atoms with Crippen molar-refractivity contribution in [1.82, 2.24) is 0 Å². The third-order valence-corrected chi connectivity index (χ3v) is 2.77. The number of benzene rings is 1. The average Bonchev–Trinajstić information content (AvgIpc) is 2.38.